The lowest BCUT2D eigenvalue weighted by molar-refractivity contribution is 0.262. The van der Waals surface area contributed by atoms with Crippen LogP contribution in [-0.4, -0.2) is 19.9 Å². The van der Waals surface area contributed by atoms with Crippen LogP contribution in [0.5, 0.6) is 0 Å². The van der Waals surface area contributed by atoms with Gasteiger partial charge in [-0.1, -0.05) is 11.6 Å². The molecule has 0 atom stereocenters. The van der Waals surface area contributed by atoms with Crippen molar-refractivity contribution in [3.8, 4) is 0 Å². The Morgan fingerprint density at radius 3 is 2.95 bits per heavy atom. The highest BCUT2D eigenvalue weighted by molar-refractivity contribution is 9.10. The molecule has 0 aliphatic heterocycles. The Labute approximate surface area is 129 Å². The van der Waals surface area contributed by atoms with Crippen LogP contribution in [0.3, 0.4) is 0 Å². The molecule has 21 heavy (non-hydrogen) atoms. The lowest BCUT2D eigenvalue weighted by Gasteiger charge is -2.25. The van der Waals surface area contributed by atoms with Crippen molar-refractivity contribution in [3.05, 3.63) is 32.7 Å². The van der Waals surface area contributed by atoms with Gasteiger partial charge in [0, 0.05) is 13.5 Å². The van der Waals surface area contributed by atoms with Gasteiger partial charge < -0.3 is 9.84 Å². The van der Waals surface area contributed by atoms with E-state index in [9.17, 15) is 4.79 Å². The van der Waals surface area contributed by atoms with E-state index in [-0.39, 0.29) is 5.56 Å². The van der Waals surface area contributed by atoms with E-state index in [4.69, 9.17) is 4.52 Å². The molecule has 1 aliphatic rings. The second-order valence-electron chi connectivity index (χ2n) is 5.23. The van der Waals surface area contributed by atoms with Crippen molar-refractivity contribution in [2.45, 2.75) is 39.3 Å². The number of hydrogen-bond donors (Lipinski definition) is 1. The minimum Gasteiger partial charge on any atom is -0.372 e. The molecule has 8 heteroatoms. The van der Waals surface area contributed by atoms with Gasteiger partial charge in [-0.2, -0.15) is 10.1 Å². The smallest absolute Gasteiger partial charge is 0.291 e. The normalized spacial score (nSPS) is 15.0. The first kappa shape index (κ1) is 14.2. The molecule has 0 spiro atoms. The predicted octanol–water partition coefficient (Wildman–Crippen LogP) is 2.11. The number of nitrogens with zero attached hydrogens (tertiary/aromatic N) is 4. The first-order valence-electron chi connectivity index (χ1n) is 6.92. The fourth-order valence-electron chi connectivity index (χ4n) is 2.26. The van der Waals surface area contributed by atoms with Crippen LogP contribution in [0.1, 0.15) is 31.0 Å². The standard InChI is InChI=1S/C13H16BrN5O2/c1-8-17-11(18-21-8)6-15-12-10(14)5-16-19(13(12)20)7-9-3-2-4-9/h5,9,15H,2-4,6-7H2,1H3. The van der Waals surface area contributed by atoms with Gasteiger partial charge in [-0.05, 0) is 34.7 Å². The molecule has 1 aliphatic carbocycles. The molecule has 0 aromatic carbocycles. The van der Waals surface area contributed by atoms with Gasteiger partial charge >= 0.3 is 0 Å². The van der Waals surface area contributed by atoms with Gasteiger partial charge in [0.1, 0.15) is 5.69 Å². The zero-order chi connectivity index (χ0) is 14.8. The lowest BCUT2D eigenvalue weighted by atomic mass is 9.85. The molecule has 2 heterocycles. The predicted molar refractivity (Wildman–Crippen MR) is 79.9 cm³/mol. The average Bonchev–Trinajstić information content (AvgIpc) is 2.81. The van der Waals surface area contributed by atoms with Gasteiger partial charge in [-0.15, -0.1) is 0 Å². The van der Waals surface area contributed by atoms with Crippen molar-refractivity contribution in [2.24, 2.45) is 5.92 Å². The molecule has 2 aromatic rings. The van der Waals surface area contributed by atoms with E-state index in [0.29, 0.717) is 40.9 Å². The van der Waals surface area contributed by atoms with Gasteiger partial charge in [-0.25, -0.2) is 4.68 Å². The Balaban J connectivity index is 1.76. The van der Waals surface area contributed by atoms with E-state index in [0.717, 1.165) is 0 Å². The minimum absolute atomic E-state index is 0.128. The molecule has 1 N–H and O–H groups in total. The van der Waals surface area contributed by atoms with E-state index < -0.39 is 0 Å². The van der Waals surface area contributed by atoms with Crippen LogP contribution in [-0.2, 0) is 13.1 Å². The van der Waals surface area contributed by atoms with E-state index >= 15 is 0 Å². The zero-order valence-corrected chi connectivity index (χ0v) is 13.3. The van der Waals surface area contributed by atoms with E-state index in [1.165, 1.54) is 23.9 Å². The molecule has 1 fully saturated rings. The maximum Gasteiger partial charge on any atom is 0.291 e. The molecule has 112 valence electrons. The van der Waals surface area contributed by atoms with Crippen molar-refractivity contribution in [3.63, 3.8) is 0 Å². The van der Waals surface area contributed by atoms with Gasteiger partial charge in [0.2, 0.25) is 5.89 Å². The molecule has 7 nitrogen and oxygen atoms in total. The summed E-state index contributed by atoms with van der Waals surface area (Å²) in [4.78, 5) is 16.5. The van der Waals surface area contributed by atoms with E-state index in [1.54, 1.807) is 13.1 Å². The summed E-state index contributed by atoms with van der Waals surface area (Å²) < 4.78 is 7.07. The molecule has 3 rings (SSSR count). The first-order chi connectivity index (χ1) is 10.1. The molecular formula is C13H16BrN5O2. The van der Waals surface area contributed by atoms with Crippen molar-refractivity contribution in [1.82, 2.24) is 19.9 Å². The summed E-state index contributed by atoms with van der Waals surface area (Å²) in [6, 6.07) is 0. The summed E-state index contributed by atoms with van der Waals surface area (Å²) in [5.41, 5.74) is 0.350. The fourth-order valence-corrected chi connectivity index (χ4v) is 2.66. The largest absolute Gasteiger partial charge is 0.372 e. The summed E-state index contributed by atoms with van der Waals surface area (Å²) in [5.74, 6) is 1.59. The summed E-state index contributed by atoms with van der Waals surface area (Å²) in [7, 11) is 0. The van der Waals surface area contributed by atoms with E-state index in [1.807, 2.05) is 0 Å². The molecule has 0 unspecified atom stereocenters. The first-order valence-corrected chi connectivity index (χ1v) is 7.71. The highest BCUT2D eigenvalue weighted by Crippen LogP contribution is 2.27. The van der Waals surface area contributed by atoms with Crippen LogP contribution in [0.4, 0.5) is 5.69 Å². The second-order valence-corrected chi connectivity index (χ2v) is 6.09. The van der Waals surface area contributed by atoms with Gasteiger partial charge in [0.05, 0.1) is 17.2 Å². The number of hydrogen-bond acceptors (Lipinski definition) is 6. The Hall–Kier alpha value is -1.70. The van der Waals surface area contributed by atoms with Crippen LogP contribution >= 0.6 is 15.9 Å². The third-order valence-corrected chi connectivity index (χ3v) is 4.25. The minimum atomic E-state index is -0.128. The topological polar surface area (TPSA) is 85.8 Å². The number of anilines is 1. The van der Waals surface area contributed by atoms with Crippen molar-refractivity contribution < 1.29 is 4.52 Å². The quantitative estimate of drug-likeness (QED) is 0.885. The number of aromatic nitrogens is 4. The van der Waals surface area contributed by atoms with Gasteiger partial charge in [-0.3, -0.25) is 4.79 Å². The SMILES string of the molecule is Cc1nc(CNc2c(Br)cnn(CC3CCC3)c2=O)no1. The van der Waals surface area contributed by atoms with Crippen LogP contribution in [0, 0.1) is 12.8 Å². The number of rotatable bonds is 5. The number of nitrogens with one attached hydrogen (secondary N) is 1. The van der Waals surface area contributed by atoms with Gasteiger partial charge in [0.15, 0.2) is 5.82 Å². The highest BCUT2D eigenvalue weighted by Gasteiger charge is 2.20. The van der Waals surface area contributed by atoms with E-state index in [2.05, 4.69) is 36.5 Å². The van der Waals surface area contributed by atoms with Crippen molar-refractivity contribution >= 4 is 21.6 Å². The summed E-state index contributed by atoms with van der Waals surface area (Å²) in [6.07, 6.45) is 5.24. The van der Waals surface area contributed by atoms with Gasteiger partial charge in [0.25, 0.3) is 5.56 Å². The monoisotopic (exact) mass is 353 g/mol. The second kappa shape index (κ2) is 5.97. The molecular weight excluding hydrogens is 338 g/mol. The number of aryl methyl sites for hydroxylation is 1. The molecule has 2 aromatic heterocycles. The molecule has 0 radical (unpaired) electrons. The Bertz CT molecular complexity index is 692. The molecule has 0 bridgehead atoms. The average molecular weight is 354 g/mol. The van der Waals surface area contributed by atoms with Crippen molar-refractivity contribution in [1.29, 1.82) is 0 Å². The highest BCUT2D eigenvalue weighted by atomic mass is 79.9. The van der Waals surface area contributed by atoms with Crippen LogP contribution < -0.4 is 10.9 Å². The zero-order valence-electron chi connectivity index (χ0n) is 11.7. The molecule has 0 amide bonds. The van der Waals surface area contributed by atoms with Crippen LogP contribution in [0.25, 0.3) is 0 Å². The third kappa shape index (κ3) is 3.15. The summed E-state index contributed by atoms with van der Waals surface area (Å²) in [5, 5.41) is 11.0. The maximum absolute atomic E-state index is 12.4. The van der Waals surface area contributed by atoms with Crippen LogP contribution in [0.15, 0.2) is 20.0 Å². The Morgan fingerprint density at radius 2 is 2.33 bits per heavy atom. The summed E-state index contributed by atoms with van der Waals surface area (Å²) in [6.45, 7) is 2.74. The molecule has 0 saturated heterocycles. The Morgan fingerprint density at radius 1 is 1.52 bits per heavy atom. The lowest BCUT2D eigenvalue weighted by Crippen LogP contribution is -2.30. The Kier molecular flexibility index (Phi) is 4.05. The number of halogens is 1. The van der Waals surface area contributed by atoms with Crippen molar-refractivity contribution in [2.75, 3.05) is 5.32 Å². The third-order valence-electron chi connectivity index (χ3n) is 3.65. The summed E-state index contributed by atoms with van der Waals surface area (Å²) >= 11 is 3.35. The molecule has 1 saturated carbocycles. The van der Waals surface area contributed by atoms with Crippen LogP contribution in [0.2, 0.25) is 0 Å². The maximum atomic E-state index is 12.4. The fraction of sp³-hybridized carbons (Fsp3) is 0.538.